The molecule has 1 aromatic heterocycles. The number of aromatic nitrogens is 1. The van der Waals surface area contributed by atoms with E-state index in [0.717, 1.165) is 6.07 Å². The molecule has 1 atom stereocenters. The number of hydrogen-bond donors (Lipinski definition) is 6. The van der Waals surface area contributed by atoms with Crippen molar-refractivity contribution < 1.29 is 51.7 Å². The van der Waals surface area contributed by atoms with Crippen LogP contribution >= 0.6 is 0 Å². The van der Waals surface area contributed by atoms with Crippen molar-refractivity contribution in [1.82, 2.24) is 15.2 Å². The Balaban J connectivity index is 0.000000778. The van der Waals surface area contributed by atoms with Crippen LogP contribution in [-0.2, 0) is 27.0 Å². The Bertz CT molecular complexity index is 1680. The van der Waals surface area contributed by atoms with Gasteiger partial charge in [-0.1, -0.05) is 12.1 Å². The van der Waals surface area contributed by atoms with E-state index in [2.05, 4.69) is 15.6 Å². The molecule has 7 N–H and O–H groups in total. The van der Waals surface area contributed by atoms with Gasteiger partial charge in [-0.25, -0.2) is 4.39 Å². The molecule has 48 heavy (non-hydrogen) atoms. The van der Waals surface area contributed by atoms with E-state index in [9.17, 15) is 41.5 Å². The van der Waals surface area contributed by atoms with Gasteiger partial charge >= 0.3 is 18.1 Å². The van der Waals surface area contributed by atoms with Crippen molar-refractivity contribution in [2.45, 2.75) is 32.0 Å². The standard InChI is InChI=1S/C27H28F4N4O4.C4H7NO4/c1-4-39-23-14-24(36)33-15-21(23)16-5-6-17(22(28)11-16)12-25(37)34-20-10-18(9-19(13-20)27(29,30)31)26(38)32-7-8-35(2)3;5-2(4(8)9)1-3(6)7/h5-6,9-11,13-15H,4,7-8,12H2,1-3H3,(H,32,38)(H,33,36)(H,34,37);2H,1,5H2,(H,6,7)(H,8,9). The van der Waals surface area contributed by atoms with E-state index in [0.29, 0.717) is 29.8 Å². The van der Waals surface area contributed by atoms with Crippen LogP contribution in [0.4, 0.5) is 23.2 Å². The summed E-state index contributed by atoms with van der Waals surface area (Å²) >= 11 is 0. The number of anilines is 1. The van der Waals surface area contributed by atoms with E-state index in [4.69, 9.17) is 20.7 Å². The van der Waals surface area contributed by atoms with Crippen molar-refractivity contribution in [1.29, 1.82) is 0 Å². The zero-order chi connectivity index (χ0) is 36.2. The number of carbonyl (C=O) groups excluding carboxylic acids is 2. The van der Waals surface area contributed by atoms with Crippen molar-refractivity contribution >= 4 is 29.4 Å². The Morgan fingerprint density at radius 2 is 1.75 bits per heavy atom. The molecule has 3 rings (SSSR count). The second-order valence-electron chi connectivity index (χ2n) is 10.4. The highest BCUT2D eigenvalue weighted by atomic mass is 19.4. The number of ether oxygens (including phenoxy) is 1. The summed E-state index contributed by atoms with van der Waals surface area (Å²) in [5.74, 6) is -4.48. The zero-order valence-electron chi connectivity index (χ0n) is 26.1. The molecule has 0 fully saturated rings. The lowest BCUT2D eigenvalue weighted by Crippen LogP contribution is -2.32. The summed E-state index contributed by atoms with van der Waals surface area (Å²) in [5.41, 5.74) is 3.63. The Morgan fingerprint density at radius 3 is 2.29 bits per heavy atom. The molecule has 13 nitrogen and oxygen atoms in total. The molecular formula is C31H35F4N5O8. The van der Waals surface area contributed by atoms with Crippen LogP contribution in [0.2, 0.25) is 0 Å². The number of rotatable bonds is 13. The molecule has 1 heterocycles. The largest absolute Gasteiger partial charge is 0.493 e. The van der Waals surface area contributed by atoms with Gasteiger partial charge in [0.1, 0.15) is 17.6 Å². The summed E-state index contributed by atoms with van der Waals surface area (Å²) in [7, 11) is 3.56. The summed E-state index contributed by atoms with van der Waals surface area (Å²) in [6, 6.07) is 6.55. The Hall–Kier alpha value is -5.29. The van der Waals surface area contributed by atoms with E-state index in [1.807, 2.05) is 0 Å². The Kier molecular flexibility index (Phi) is 14.2. The van der Waals surface area contributed by atoms with E-state index in [1.165, 1.54) is 30.5 Å². The van der Waals surface area contributed by atoms with Gasteiger partial charge in [-0.2, -0.15) is 13.2 Å². The number of likely N-dealkylation sites (N-methyl/N-ethyl adjacent to an activating group) is 1. The lowest BCUT2D eigenvalue weighted by atomic mass is 10.0. The van der Waals surface area contributed by atoms with Gasteiger partial charge in [-0.15, -0.1) is 0 Å². The van der Waals surface area contributed by atoms with E-state index in [-0.39, 0.29) is 41.3 Å². The SMILES string of the molecule is CCOc1cc(=O)[nH]cc1-c1ccc(CC(=O)Nc2cc(C(=O)NCCN(C)C)cc(C(F)(F)F)c2)c(F)c1.NC(CC(=O)O)C(=O)O. The minimum absolute atomic E-state index is 0.00716. The molecule has 1 unspecified atom stereocenters. The summed E-state index contributed by atoms with van der Waals surface area (Å²) in [5, 5.41) is 20.9. The van der Waals surface area contributed by atoms with E-state index in [1.54, 1.807) is 25.9 Å². The molecule has 0 bridgehead atoms. The summed E-state index contributed by atoms with van der Waals surface area (Å²) < 4.78 is 60.7. The molecule has 3 aromatic rings. The van der Waals surface area contributed by atoms with Crippen LogP contribution in [0.3, 0.4) is 0 Å². The quantitative estimate of drug-likeness (QED) is 0.146. The minimum atomic E-state index is -4.76. The number of benzene rings is 2. The molecule has 0 saturated carbocycles. The number of hydrogen-bond acceptors (Lipinski definition) is 8. The van der Waals surface area contributed by atoms with Crippen LogP contribution < -0.4 is 26.7 Å². The number of nitrogens with one attached hydrogen (secondary N) is 3. The van der Waals surface area contributed by atoms with Gasteiger partial charge in [0, 0.05) is 42.2 Å². The number of alkyl halides is 3. The molecule has 0 radical (unpaired) electrons. The number of nitrogens with zero attached hydrogens (tertiary/aromatic N) is 1. The number of carbonyl (C=O) groups is 4. The molecule has 260 valence electrons. The van der Waals surface area contributed by atoms with Gasteiger partial charge in [-0.3, -0.25) is 24.0 Å². The van der Waals surface area contributed by atoms with Crippen molar-refractivity contribution in [3.8, 4) is 16.9 Å². The summed E-state index contributed by atoms with van der Waals surface area (Å²) in [6.07, 6.45) is -4.38. The van der Waals surface area contributed by atoms with Gasteiger partial charge in [0.15, 0.2) is 0 Å². The summed E-state index contributed by atoms with van der Waals surface area (Å²) in [6.45, 7) is 2.71. The Labute approximate surface area is 271 Å². The fourth-order valence-electron chi connectivity index (χ4n) is 3.95. The molecule has 0 aliphatic carbocycles. The van der Waals surface area contributed by atoms with E-state index >= 15 is 0 Å². The van der Waals surface area contributed by atoms with Gasteiger partial charge in [0.25, 0.3) is 11.5 Å². The first-order valence-electron chi connectivity index (χ1n) is 14.2. The van der Waals surface area contributed by atoms with Gasteiger partial charge < -0.3 is 41.2 Å². The lowest BCUT2D eigenvalue weighted by Gasteiger charge is -2.14. The predicted octanol–water partition coefficient (Wildman–Crippen LogP) is 2.94. The first kappa shape index (κ1) is 38.9. The van der Waals surface area contributed by atoms with Crippen molar-refractivity contribution in [2.24, 2.45) is 5.73 Å². The maximum atomic E-state index is 14.9. The highest BCUT2D eigenvalue weighted by Gasteiger charge is 2.32. The van der Waals surface area contributed by atoms with Crippen molar-refractivity contribution in [3.05, 3.63) is 81.5 Å². The summed E-state index contributed by atoms with van der Waals surface area (Å²) in [4.78, 5) is 60.6. The molecule has 0 spiro atoms. The molecule has 0 saturated heterocycles. The molecule has 17 heteroatoms. The fourth-order valence-corrected chi connectivity index (χ4v) is 3.95. The highest BCUT2D eigenvalue weighted by Crippen LogP contribution is 2.32. The number of carboxylic acids is 2. The first-order valence-corrected chi connectivity index (χ1v) is 14.2. The Morgan fingerprint density at radius 1 is 1.06 bits per heavy atom. The molecule has 2 amide bonds. The second-order valence-corrected chi connectivity index (χ2v) is 10.4. The van der Waals surface area contributed by atoms with Gasteiger partial charge in [0.05, 0.1) is 25.0 Å². The highest BCUT2D eigenvalue weighted by molar-refractivity contribution is 5.98. The van der Waals surface area contributed by atoms with Gasteiger partial charge in [0.2, 0.25) is 5.91 Å². The number of pyridine rings is 1. The van der Waals surface area contributed by atoms with Crippen LogP contribution in [0.25, 0.3) is 11.1 Å². The number of halogens is 4. The number of aromatic amines is 1. The smallest absolute Gasteiger partial charge is 0.416 e. The zero-order valence-corrected chi connectivity index (χ0v) is 26.1. The average Bonchev–Trinajstić information content (AvgIpc) is 2.97. The third kappa shape index (κ3) is 12.5. The third-order valence-corrected chi connectivity index (χ3v) is 6.26. The first-order chi connectivity index (χ1) is 22.4. The normalized spacial score (nSPS) is 11.6. The maximum Gasteiger partial charge on any atom is 0.416 e. The number of carboxylic acid groups (broad SMARTS) is 2. The molecule has 0 aliphatic rings. The maximum absolute atomic E-state index is 14.9. The number of H-pyrrole nitrogens is 1. The van der Waals surface area contributed by atoms with Crippen LogP contribution in [-0.4, -0.2) is 83.7 Å². The van der Waals surface area contributed by atoms with Crippen molar-refractivity contribution in [3.63, 3.8) is 0 Å². The monoisotopic (exact) mass is 681 g/mol. The average molecular weight is 682 g/mol. The van der Waals surface area contributed by atoms with Gasteiger partial charge in [-0.05, 0) is 56.4 Å². The minimum Gasteiger partial charge on any atom is -0.493 e. The fraction of sp³-hybridized carbons (Fsp3) is 0.323. The number of aliphatic carboxylic acids is 2. The number of amides is 2. The van der Waals surface area contributed by atoms with Crippen LogP contribution in [0.15, 0.2) is 53.5 Å². The van der Waals surface area contributed by atoms with Crippen LogP contribution in [0.1, 0.15) is 34.8 Å². The van der Waals surface area contributed by atoms with Crippen LogP contribution in [0, 0.1) is 5.82 Å². The third-order valence-electron chi connectivity index (χ3n) is 6.26. The second kappa shape index (κ2) is 17.6. The lowest BCUT2D eigenvalue weighted by molar-refractivity contribution is -0.144. The molecular weight excluding hydrogens is 646 g/mol. The van der Waals surface area contributed by atoms with Crippen LogP contribution in [0.5, 0.6) is 5.75 Å². The molecule has 0 aliphatic heterocycles. The molecule has 2 aromatic carbocycles. The topological polar surface area (TPSA) is 204 Å². The van der Waals surface area contributed by atoms with E-state index < -0.39 is 60.2 Å². The van der Waals surface area contributed by atoms with Crippen molar-refractivity contribution in [2.75, 3.05) is 39.1 Å². The predicted molar refractivity (Wildman–Crippen MR) is 166 cm³/mol. The number of nitrogens with two attached hydrogens (primary N) is 1.